The van der Waals surface area contributed by atoms with Gasteiger partial charge in [-0.05, 0) is 36.6 Å². The molecule has 1 heterocycles. The van der Waals surface area contributed by atoms with Crippen LogP contribution in [0.4, 0.5) is 4.39 Å². The lowest BCUT2D eigenvalue weighted by molar-refractivity contribution is 0.160. The average molecular weight is 271 g/mol. The summed E-state index contributed by atoms with van der Waals surface area (Å²) in [5, 5.41) is 0. The van der Waals surface area contributed by atoms with E-state index in [9.17, 15) is 4.39 Å². The van der Waals surface area contributed by atoms with Crippen LogP contribution in [0.15, 0.2) is 36.4 Å². The Labute approximate surface area is 118 Å². The van der Waals surface area contributed by atoms with E-state index in [4.69, 9.17) is 10.5 Å². The smallest absolute Gasteiger partial charge is 0.127 e. The van der Waals surface area contributed by atoms with Gasteiger partial charge < -0.3 is 10.5 Å². The summed E-state index contributed by atoms with van der Waals surface area (Å²) in [6.45, 7) is 4.16. The Kier molecular flexibility index (Phi) is 3.22. The van der Waals surface area contributed by atoms with Gasteiger partial charge in [0.1, 0.15) is 17.7 Å². The number of hydrogen-bond acceptors (Lipinski definition) is 2. The van der Waals surface area contributed by atoms with Crippen molar-refractivity contribution in [2.24, 2.45) is 5.73 Å². The highest BCUT2D eigenvalue weighted by molar-refractivity contribution is 5.41. The fraction of sp³-hybridized carbons (Fsp3) is 0.294. The van der Waals surface area contributed by atoms with E-state index >= 15 is 0 Å². The zero-order valence-corrected chi connectivity index (χ0v) is 11.7. The Morgan fingerprint density at radius 1 is 1.15 bits per heavy atom. The Bertz CT molecular complexity index is 653. The molecule has 3 rings (SSSR count). The molecule has 0 saturated carbocycles. The summed E-state index contributed by atoms with van der Waals surface area (Å²) < 4.78 is 19.4. The minimum absolute atomic E-state index is 0.112. The van der Waals surface area contributed by atoms with Crippen molar-refractivity contribution in [3.63, 3.8) is 0 Å². The molecule has 1 aliphatic rings. The fourth-order valence-electron chi connectivity index (χ4n) is 2.79. The van der Waals surface area contributed by atoms with Gasteiger partial charge in [0, 0.05) is 24.1 Å². The van der Waals surface area contributed by atoms with E-state index in [-0.39, 0.29) is 18.0 Å². The van der Waals surface area contributed by atoms with Gasteiger partial charge in [0.05, 0.1) is 0 Å². The summed E-state index contributed by atoms with van der Waals surface area (Å²) in [4.78, 5) is 0. The second-order valence-electron chi connectivity index (χ2n) is 5.42. The van der Waals surface area contributed by atoms with Crippen molar-refractivity contribution in [2.75, 3.05) is 0 Å². The predicted molar refractivity (Wildman–Crippen MR) is 77.2 cm³/mol. The number of rotatable bonds is 1. The van der Waals surface area contributed by atoms with Gasteiger partial charge in [0.2, 0.25) is 0 Å². The first-order valence-electron chi connectivity index (χ1n) is 6.84. The standard InChI is InChI=1S/C17H18FNO/c1-10-4-3-5-13(11(10)2)17-9-15(19)14-7-6-12(18)8-16(14)20-17/h3-8,15,17H,9,19H2,1-2H3/t15-,17?/m0/s1. The highest BCUT2D eigenvalue weighted by Gasteiger charge is 2.28. The number of nitrogens with two attached hydrogens (primary N) is 1. The van der Waals surface area contributed by atoms with Gasteiger partial charge in [-0.3, -0.25) is 0 Å². The van der Waals surface area contributed by atoms with Crippen molar-refractivity contribution < 1.29 is 9.13 Å². The molecule has 0 saturated heterocycles. The van der Waals surface area contributed by atoms with E-state index in [1.165, 1.54) is 23.3 Å². The maximum absolute atomic E-state index is 13.4. The van der Waals surface area contributed by atoms with Crippen LogP contribution < -0.4 is 10.5 Å². The molecule has 0 aliphatic carbocycles. The molecule has 3 heteroatoms. The van der Waals surface area contributed by atoms with Gasteiger partial charge in [-0.15, -0.1) is 0 Å². The number of halogens is 1. The molecular weight excluding hydrogens is 253 g/mol. The maximum Gasteiger partial charge on any atom is 0.127 e. The third-order valence-corrected chi connectivity index (χ3v) is 4.11. The molecule has 1 aliphatic heterocycles. The van der Waals surface area contributed by atoms with E-state index in [1.54, 1.807) is 6.07 Å². The third-order valence-electron chi connectivity index (χ3n) is 4.11. The van der Waals surface area contributed by atoms with Crippen molar-refractivity contribution in [1.29, 1.82) is 0 Å². The van der Waals surface area contributed by atoms with Crippen LogP contribution in [0.1, 0.15) is 40.8 Å². The Hall–Kier alpha value is -1.87. The number of fused-ring (bicyclic) bond motifs is 1. The van der Waals surface area contributed by atoms with Crippen molar-refractivity contribution in [2.45, 2.75) is 32.4 Å². The van der Waals surface area contributed by atoms with Crippen molar-refractivity contribution >= 4 is 0 Å². The van der Waals surface area contributed by atoms with Gasteiger partial charge in [0.15, 0.2) is 0 Å². The largest absolute Gasteiger partial charge is 0.485 e. The summed E-state index contributed by atoms with van der Waals surface area (Å²) in [6.07, 6.45) is 0.599. The quantitative estimate of drug-likeness (QED) is 0.852. The number of benzene rings is 2. The van der Waals surface area contributed by atoms with Crippen LogP contribution in [0, 0.1) is 19.7 Å². The highest BCUT2D eigenvalue weighted by atomic mass is 19.1. The van der Waals surface area contributed by atoms with E-state index in [0.29, 0.717) is 12.2 Å². The zero-order valence-electron chi connectivity index (χ0n) is 11.7. The fourth-order valence-corrected chi connectivity index (χ4v) is 2.79. The van der Waals surface area contributed by atoms with Crippen LogP contribution in [0.25, 0.3) is 0 Å². The molecule has 0 spiro atoms. The topological polar surface area (TPSA) is 35.2 Å². The summed E-state index contributed by atoms with van der Waals surface area (Å²) in [5.74, 6) is 0.271. The second kappa shape index (κ2) is 4.91. The van der Waals surface area contributed by atoms with E-state index in [0.717, 1.165) is 11.1 Å². The monoisotopic (exact) mass is 271 g/mol. The molecule has 20 heavy (non-hydrogen) atoms. The van der Waals surface area contributed by atoms with E-state index in [2.05, 4.69) is 26.0 Å². The molecule has 2 atom stereocenters. The molecule has 1 unspecified atom stereocenters. The van der Waals surface area contributed by atoms with Crippen molar-refractivity contribution in [3.05, 3.63) is 64.5 Å². The van der Waals surface area contributed by atoms with Crippen LogP contribution in [0.2, 0.25) is 0 Å². The van der Waals surface area contributed by atoms with E-state index < -0.39 is 0 Å². The van der Waals surface area contributed by atoms with Crippen LogP contribution in [0.5, 0.6) is 5.75 Å². The molecule has 2 N–H and O–H groups in total. The average Bonchev–Trinajstić information content (AvgIpc) is 2.41. The number of hydrogen-bond donors (Lipinski definition) is 1. The third kappa shape index (κ3) is 2.18. The molecule has 0 amide bonds. The maximum atomic E-state index is 13.4. The summed E-state index contributed by atoms with van der Waals surface area (Å²) in [7, 11) is 0. The SMILES string of the molecule is Cc1cccc(C2C[C@H](N)c3ccc(F)cc3O2)c1C. The molecule has 2 aromatic carbocycles. The molecule has 0 aromatic heterocycles. The molecular formula is C17H18FNO. The molecule has 104 valence electrons. The van der Waals surface area contributed by atoms with Crippen LogP contribution in [-0.2, 0) is 0 Å². The zero-order chi connectivity index (χ0) is 14.3. The van der Waals surface area contributed by atoms with Crippen LogP contribution in [0.3, 0.4) is 0 Å². The first kappa shape index (κ1) is 13.1. The van der Waals surface area contributed by atoms with Crippen LogP contribution >= 0.6 is 0 Å². The summed E-state index contributed by atoms with van der Waals surface area (Å²) in [6, 6.07) is 10.6. The molecule has 0 radical (unpaired) electrons. The molecule has 2 nitrogen and oxygen atoms in total. The first-order valence-corrected chi connectivity index (χ1v) is 6.84. The van der Waals surface area contributed by atoms with Gasteiger partial charge in [0.25, 0.3) is 0 Å². The molecule has 0 fully saturated rings. The van der Waals surface area contributed by atoms with Gasteiger partial charge >= 0.3 is 0 Å². The first-order chi connectivity index (χ1) is 9.56. The highest BCUT2D eigenvalue weighted by Crippen LogP contribution is 2.40. The number of aryl methyl sites for hydroxylation is 1. The lowest BCUT2D eigenvalue weighted by Gasteiger charge is -2.31. The lowest BCUT2D eigenvalue weighted by atomic mass is 9.90. The van der Waals surface area contributed by atoms with Crippen molar-refractivity contribution in [1.82, 2.24) is 0 Å². The van der Waals surface area contributed by atoms with E-state index in [1.807, 2.05) is 6.07 Å². The molecule has 2 aromatic rings. The molecule has 0 bridgehead atoms. The van der Waals surface area contributed by atoms with Gasteiger partial charge in [-0.25, -0.2) is 4.39 Å². The summed E-state index contributed by atoms with van der Waals surface area (Å²) >= 11 is 0. The minimum atomic E-state index is -0.294. The number of ether oxygens (including phenoxy) is 1. The normalized spacial score (nSPS) is 21.2. The Morgan fingerprint density at radius 2 is 1.95 bits per heavy atom. The summed E-state index contributed by atoms with van der Waals surface area (Å²) in [5.41, 5.74) is 10.7. The second-order valence-corrected chi connectivity index (χ2v) is 5.42. The predicted octanol–water partition coefficient (Wildman–Crippen LogP) is 3.97. The minimum Gasteiger partial charge on any atom is -0.485 e. The lowest BCUT2D eigenvalue weighted by Crippen LogP contribution is -2.24. The Morgan fingerprint density at radius 3 is 2.75 bits per heavy atom. The van der Waals surface area contributed by atoms with Crippen LogP contribution in [-0.4, -0.2) is 0 Å². The van der Waals surface area contributed by atoms with Gasteiger partial charge in [-0.2, -0.15) is 0 Å². The van der Waals surface area contributed by atoms with Gasteiger partial charge in [-0.1, -0.05) is 24.3 Å². The van der Waals surface area contributed by atoms with Crippen molar-refractivity contribution in [3.8, 4) is 5.75 Å². The Balaban J connectivity index is 2.00.